The average Bonchev–Trinajstić information content (AvgIpc) is 3.11. The molecule has 0 unspecified atom stereocenters. The predicted molar refractivity (Wildman–Crippen MR) is 87.0 cm³/mol. The van der Waals surface area contributed by atoms with E-state index in [0.29, 0.717) is 11.3 Å². The Bertz CT molecular complexity index is 716. The number of aromatic amines is 1. The summed E-state index contributed by atoms with van der Waals surface area (Å²) in [4.78, 5) is 29.0. The molecule has 6 heteroatoms. The number of nitrogens with one attached hydrogen (secondary N) is 1. The first-order valence-corrected chi connectivity index (χ1v) is 7.98. The molecular weight excluding hydrogens is 292 g/mol. The molecule has 122 valence electrons. The number of hydrogen-bond acceptors (Lipinski definition) is 2. The van der Waals surface area contributed by atoms with E-state index in [1.807, 2.05) is 24.2 Å². The number of carbonyl (C=O) groups excluding carboxylic acids is 2. The van der Waals surface area contributed by atoms with Crippen molar-refractivity contribution in [3.8, 4) is 0 Å². The van der Waals surface area contributed by atoms with Crippen LogP contribution >= 0.6 is 0 Å². The predicted octanol–water partition coefficient (Wildman–Crippen LogP) is 2.21. The monoisotopic (exact) mass is 314 g/mol. The van der Waals surface area contributed by atoms with Crippen LogP contribution < -0.4 is 5.73 Å². The van der Waals surface area contributed by atoms with Gasteiger partial charge in [-0.15, -0.1) is 0 Å². The summed E-state index contributed by atoms with van der Waals surface area (Å²) >= 11 is 0. The highest BCUT2D eigenvalue weighted by atomic mass is 16.2. The number of amides is 2. The van der Waals surface area contributed by atoms with Crippen LogP contribution in [0, 0.1) is 0 Å². The van der Waals surface area contributed by atoms with E-state index in [-0.39, 0.29) is 11.9 Å². The Morgan fingerprint density at radius 2 is 2.13 bits per heavy atom. The lowest BCUT2D eigenvalue weighted by atomic mass is 10.1. The lowest BCUT2D eigenvalue weighted by Crippen LogP contribution is -2.35. The van der Waals surface area contributed by atoms with Gasteiger partial charge >= 0.3 is 0 Å². The molecule has 0 saturated carbocycles. The van der Waals surface area contributed by atoms with Gasteiger partial charge in [0.25, 0.3) is 5.91 Å². The molecule has 0 aromatic carbocycles. The average molecular weight is 314 g/mol. The second-order valence-corrected chi connectivity index (χ2v) is 6.07. The molecule has 6 nitrogen and oxygen atoms in total. The molecule has 0 aliphatic carbocycles. The minimum Gasteiger partial charge on any atom is -0.366 e. The number of carbonyl (C=O) groups is 2. The molecule has 3 heterocycles. The number of likely N-dealkylation sites (tertiary alicyclic amines) is 1. The topological polar surface area (TPSA) is 84.1 Å². The van der Waals surface area contributed by atoms with Gasteiger partial charge in [-0.25, -0.2) is 0 Å². The summed E-state index contributed by atoms with van der Waals surface area (Å²) in [5, 5.41) is 0. The maximum Gasteiger partial charge on any atom is 0.270 e. The van der Waals surface area contributed by atoms with Gasteiger partial charge in [0.05, 0.1) is 11.6 Å². The van der Waals surface area contributed by atoms with Crippen molar-refractivity contribution in [1.82, 2.24) is 14.5 Å². The van der Waals surface area contributed by atoms with Gasteiger partial charge in [-0.3, -0.25) is 9.59 Å². The maximum absolute atomic E-state index is 12.9. The normalized spacial score (nSPS) is 18.7. The number of aryl methyl sites for hydroxylation is 1. The van der Waals surface area contributed by atoms with Crippen LogP contribution in [0.3, 0.4) is 0 Å². The van der Waals surface area contributed by atoms with Crippen molar-refractivity contribution in [2.75, 3.05) is 6.54 Å². The Kier molecular flexibility index (Phi) is 4.23. The van der Waals surface area contributed by atoms with E-state index in [0.717, 1.165) is 37.9 Å². The lowest BCUT2D eigenvalue weighted by molar-refractivity contribution is 0.0669. The largest absolute Gasteiger partial charge is 0.366 e. The SMILES string of the molecule is Cn1cccc1[C@@H]1CCCCCN1C(=O)c1cc(C(N)=O)c[nH]1. The lowest BCUT2D eigenvalue weighted by Gasteiger charge is -2.30. The molecule has 0 radical (unpaired) electrons. The molecule has 3 N–H and O–H groups in total. The van der Waals surface area contributed by atoms with Crippen molar-refractivity contribution in [3.05, 3.63) is 47.5 Å². The third kappa shape index (κ3) is 3.02. The van der Waals surface area contributed by atoms with Gasteiger partial charge in [0.2, 0.25) is 5.91 Å². The van der Waals surface area contributed by atoms with Crippen LogP contribution in [0.1, 0.15) is 58.3 Å². The first-order valence-electron chi connectivity index (χ1n) is 7.98. The number of nitrogens with two attached hydrogens (primary N) is 1. The highest BCUT2D eigenvalue weighted by molar-refractivity contribution is 5.98. The smallest absolute Gasteiger partial charge is 0.270 e. The van der Waals surface area contributed by atoms with Crippen LogP contribution in [0.15, 0.2) is 30.6 Å². The molecule has 1 saturated heterocycles. The van der Waals surface area contributed by atoms with E-state index in [4.69, 9.17) is 5.73 Å². The molecule has 2 aromatic heterocycles. The van der Waals surface area contributed by atoms with Crippen LogP contribution in [-0.2, 0) is 7.05 Å². The number of H-pyrrole nitrogens is 1. The summed E-state index contributed by atoms with van der Waals surface area (Å²) in [5.74, 6) is -0.610. The van der Waals surface area contributed by atoms with Crippen LogP contribution in [0.4, 0.5) is 0 Å². The second kappa shape index (κ2) is 6.32. The fourth-order valence-corrected chi connectivity index (χ4v) is 3.29. The van der Waals surface area contributed by atoms with E-state index < -0.39 is 5.91 Å². The Hall–Kier alpha value is -2.50. The minimum absolute atomic E-state index is 0.0605. The van der Waals surface area contributed by atoms with Gasteiger partial charge in [-0.2, -0.15) is 0 Å². The van der Waals surface area contributed by atoms with E-state index in [1.165, 1.54) is 12.3 Å². The number of nitrogens with zero attached hydrogens (tertiary/aromatic N) is 2. The molecule has 0 spiro atoms. The Labute approximate surface area is 135 Å². The number of aromatic nitrogens is 2. The molecule has 1 aliphatic rings. The summed E-state index contributed by atoms with van der Waals surface area (Å²) in [6.07, 6.45) is 7.68. The van der Waals surface area contributed by atoms with E-state index in [2.05, 4.69) is 15.6 Å². The van der Waals surface area contributed by atoms with Gasteiger partial charge in [0, 0.05) is 31.7 Å². The van der Waals surface area contributed by atoms with Crippen LogP contribution in [0.25, 0.3) is 0 Å². The minimum atomic E-state index is -0.532. The number of hydrogen-bond donors (Lipinski definition) is 2. The van der Waals surface area contributed by atoms with E-state index >= 15 is 0 Å². The first-order chi connectivity index (χ1) is 11.1. The molecule has 1 fully saturated rings. The van der Waals surface area contributed by atoms with Crippen molar-refractivity contribution in [2.24, 2.45) is 12.8 Å². The highest BCUT2D eigenvalue weighted by Crippen LogP contribution is 2.31. The fraction of sp³-hybridized carbons (Fsp3) is 0.412. The van der Waals surface area contributed by atoms with Crippen LogP contribution in [0.5, 0.6) is 0 Å². The zero-order valence-electron chi connectivity index (χ0n) is 13.3. The molecular formula is C17H22N4O2. The van der Waals surface area contributed by atoms with Crippen molar-refractivity contribution in [1.29, 1.82) is 0 Å². The number of primary amides is 1. The van der Waals surface area contributed by atoms with E-state index in [1.54, 1.807) is 0 Å². The van der Waals surface area contributed by atoms with Gasteiger partial charge in [-0.05, 0) is 31.0 Å². The quantitative estimate of drug-likeness (QED) is 0.910. The van der Waals surface area contributed by atoms with Crippen LogP contribution in [-0.4, -0.2) is 32.8 Å². The van der Waals surface area contributed by atoms with Gasteiger partial charge in [-0.1, -0.05) is 12.8 Å². The second-order valence-electron chi connectivity index (χ2n) is 6.07. The number of rotatable bonds is 3. The Morgan fingerprint density at radius 1 is 1.30 bits per heavy atom. The summed E-state index contributed by atoms with van der Waals surface area (Å²) in [6.45, 7) is 0.722. The fourth-order valence-electron chi connectivity index (χ4n) is 3.29. The van der Waals surface area contributed by atoms with Crippen molar-refractivity contribution in [2.45, 2.75) is 31.7 Å². The molecule has 2 aromatic rings. The summed E-state index contributed by atoms with van der Waals surface area (Å²) in [7, 11) is 2.00. The van der Waals surface area contributed by atoms with Crippen molar-refractivity contribution >= 4 is 11.8 Å². The van der Waals surface area contributed by atoms with Crippen molar-refractivity contribution < 1.29 is 9.59 Å². The van der Waals surface area contributed by atoms with Gasteiger partial charge < -0.3 is 20.2 Å². The van der Waals surface area contributed by atoms with E-state index in [9.17, 15) is 9.59 Å². The Morgan fingerprint density at radius 3 is 2.78 bits per heavy atom. The molecule has 2 amide bonds. The standard InChI is InChI=1S/C17H22N4O2/c1-20-8-5-7-14(20)15-6-3-2-4-9-21(15)17(23)13-10-12(11-19-13)16(18)22/h5,7-8,10-11,15,19H,2-4,6,9H2,1H3,(H2,18,22)/t15-/m0/s1. The zero-order valence-corrected chi connectivity index (χ0v) is 13.3. The summed E-state index contributed by atoms with van der Waals surface area (Å²) < 4.78 is 2.07. The highest BCUT2D eigenvalue weighted by Gasteiger charge is 2.29. The van der Waals surface area contributed by atoms with Gasteiger partial charge in [0.15, 0.2) is 0 Å². The molecule has 3 rings (SSSR count). The maximum atomic E-state index is 12.9. The zero-order chi connectivity index (χ0) is 16.4. The molecule has 1 atom stereocenters. The Balaban J connectivity index is 1.91. The first kappa shape index (κ1) is 15.4. The summed E-state index contributed by atoms with van der Waals surface area (Å²) in [6, 6.07) is 5.67. The molecule has 23 heavy (non-hydrogen) atoms. The third-order valence-electron chi connectivity index (χ3n) is 4.54. The molecule has 1 aliphatic heterocycles. The summed E-state index contributed by atoms with van der Waals surface area (Å²) in [5.41, 5.74) is 7.16. The van der Waals surface area contributed by atoms with Gasteiger partial charge in [0.1, 0.15) is 5.69 Å². The van der Waals surface area contributed by atoms with Crippen molar-refractivity contribution in [3.63, 3.8) is 0 Å². The van der Waals surface area contributed by atoms with Crippen LogP contribution in [0.2, 0.25) is 0 Å². The third-order valence-corrected chi connectivity index (χ3v) is 4.54. The molecule has 0 bridgehead atoms.